The number of benzene rings is 2. The van der Waals surface area contributed by atoms with Gasteiger partial charge in [0, 0.05) is 17.7 Å². The fourth-order valence-corrected chi connectivity index (χ4v) is 3.22. The van der Waals surface area contributed by atoms with Gasteiger partial charge in [-0.3, -0.25) is 14.8 Å². The largest absolute Gasteiger partial charge is 0.491 e. The third-order valence-corrected chi connectivity index (χ3v) is 4.63. The maximum Gasteiger partial charge on any atom is 0.274 e. The van der Waals surface area contributed by atoms with Gasteiger partial charge in [0.25, 0.3) is 5.91 Å². The predicted molar refractivity (Wildman–Crippen MR) is 96.1 cm³/mol. The number of nitrogens with one attached hydrogen (secondary N) is 1. The van der Waals surface area contributed by atoms with Crippen molar-refractivity contribution in [2.45, 2.75) is 25.8 Å². The molecule has 2 amide bonds. The third-order valence-electron chi connectivity index (χ3n) is 4.63. The molecule has 1 heterocycles. The summed E-state index contributed by atoms with van der Waals surface area (Å²) in [5.74, 6) is -0.137. The molecule has 1 unspecified atom stereocenters. The summed E-state index contributed by atoms with van der Waals surface area (Å²) in [6, 6.07) is 14.7. The minimum absolute atomic E-state index is 0.0762. The molecule has 2 N–H and O–H groups in total. The van der Waals surface area contributed by atoms with Crippen LogP contribution in [0.4, 0.5) is 0 Å². The van der Waals surface area contributed by atoms with E-state index in [2.05, 4.69) is 0 Å². The van der Waals surface area contributed by atoms with Crippen molar-refractivity contribution in [2.75, 3.05) is 13.2 Å². The van der Waals surface area contributed by atoms with Crippen LogP contribution in [0.1, 0.15) is 40.7 Å². The van der Waals surface area contributed by atoms with Gasteiger partial charge in [0.15, 0.2) is 0 Å². The third kappa shape index (κ3) is 3.70. The molecule has 0 fully saturated rings. The Morgan fingerprint density at radius 2 is 2.00 bits per heavy atom. The maximum atomic E-state index is 13.1. The van der Waals surface area contributed by atoms with E-state index in [1.165, 1.54) is 0 Å². The predicted octanol–water partition coefficient (Wildman–Crippen LogP) is 2.72. The van der Waals surface area contributed by atoms with Gasteiger partial charge in [-0.25, -0.2) is 5.48 Å². The zero-order valence-electron chi connectivity index (χ0n) is 14.6. The highest BCUT2D eigenvalue weighted by Crippen LogP contribution is 2.28. The second-order valence-corrected chi connectivity index (χ2v) is 6.24. The number of fused-ring (bicyclic) bond motifs is 1. The molecule has 26 heavy (non-hydrogen) atoms. The van der Waals surface area contributed by atoms with E-state index in [1.54, 1.807) is 28.6 Å². The monoisotopic (exact) mass is 354 g/mol. The Balaban J connectivity index is 1.82. The normalized spacial score (nSPS) is 14.6. The molecule has 6 nitrogen and oxygen atoms in total. The smallest absolute Gasteiger partial charge is 0.274 e. The molecule has 0 aliphatic carbocycles. The first-order valence-electron chi connectivity index (χ1n) is 8.68. The van der Waals surface area contributed by atoms with Crippen molar-refractivity contribution in [2.24, 2.45) is 0 Å². The highest BCUT2D eigenvalue weighted by molar-refractivity contribution is 5.94. The summed E-state index contributed by atoms with van der Waals surface area (Å²) < 4.78 is 5.73. The Labute approximate surface area is 152 Å². The molecule has 3 rings (SSSR count). The van der Waals surface area contributed by atoms with E-state index in [4.69, 9.17) is 9.94 Å². The first kappa shape index (κ1) is 17.9. The number of rotatable bonds is 4. The molecule has 0 bridgehead atoms. The number of nitrogens with zero attached hydrogens (tertiary/aromatic N) is 1. The van der Waals surface area contributed by atoms with E-state index in [0.717, 1.165) is 17.5 Å². The van der Waals surface area contributed by atoms with E-state index in [1.807, 2.05) is 37.3 Å². The van der Waals surface area contributed by atoms with E-state index < -0.39 is 5.91 Å². The summed E-state index contributed by atoms with van der Waals surface area (Å²) in [7, 11) is 0. The molecule has 0 aromatic heterocycles. The molecule has 1 aliphatic rings. The van der Waals surface area contributed by atoms with E-state index in [-0.39, 0.29) is 11.8 Å². The average Bonchev–Trinajstić information content (AvgIpc) is 2.90. The molecule has 1 atom stereocenters. The number of carbonyl (C=O) groups excluding carboxylic acids is 2. The Morgan fingerprint density at radius 3 is 2.69 bits per heavy atom. The van der Waals surface area contributed by atoms with Crippen molar-refractivity contribution in [3.05, 3.63) is 65.2 Å². The average molecular weight is 354 g/mol. The van der Waals surface area contributed by atoms with Crippen LogP contribution >= 0.6 is 0 Å². The summed E-state index contributed by atoms with van der Waals surface area (Å²) in [6.07, 6.45) is 0.725. The number of amides is 2. The summed E-state index contributed by atoms with van der Waals surface area (Å²) in [6.45, 7) is 3.28. The van der Waals surface area contributed by atoms with Crippen molar-refractivity contribution in [3.8, 4) is 5.75 Å². The molecular formula is C20H22N2O4. The number of hydrogen-bond donors (Lipinski definition) is 2. The second kappa shape index (κ2) is 8.01. The number of hydrogen-bond acceptors (Lipinski definition) is 4. The summed E-state index contributed by atoms with van der Waals surface area (Å²) in [5, 5.41) is 8.77. The molecule has 1 aliphatic heterocycles. The van der Waals surface area contributed by atoms with Crippen LogP contribution in [0.15, 0.2) is 48.5 Å². The quantitative estimate of drug-likeness (QED) is 0.654. The molecule has 6 heteroatoms. The van der Waals surface area contributed by atoms with Crippen LogP contribution in [-0.4, -0.2) is 35.1 Å². The summed E-state index contributed by atoms with van der Waals surface area (Å²) in [4.78, 5) is 26.5. The Hall–Kier alpha value is -2.86. The van der Waals surface area contributed by atoms with Crippen LogP contribution in [0.2, 0.25) is 0 Å². The Bertz CT molecular complexity index is 792. The highest BCUT2D eigenvalue weighted by atomic mass is 16.5. The molecule has 0 saturated carbocycles. The van der Waals surface area contributed by atoms with Crippen LogP contribution in [0.5, 0.6) is 5.75 Å². The van der Waals surface area contributed by atoms with Gasteiger partial charge in [0.05, 0.1) is 12.5 Å². The zero-order chi connectivity index (χ0) is 18.5. The SMILES string of the molecule is CCC(C(=O)N1CCOc2cc(C(=O)NO)ccc2C1)c1ccccc1. The first-order chi connectivity index (χ1) is 12.6. The maximum absolute atomic E-state index is 13.1. The topological polar surface area (TPSA) is 78.9 Å². The van der Waals surface area contributed by atoms with Crippen molar-refractivity contribution >= 4 is 11.8 Å². The van der Waals surface area contributed by atoms with E-state index in [9.17, 15) is 9.59 Å². The molecule has 0 radical (unpaired) electrons. The Morgan fingerprint density at radius 1 is 1.23 bits per heavy atom. The van der Waals surface area contributed by atoms with Crippen molar-refractivity contribution < 1.29 is 19.5 Å². The van der Waals surface area contributed by atoms with Crippen LogP contribution in [0.25, 0.3) is 0 Å². The molecule has 2 aromatic rings. The van der Waals surface area contributed by atoms with Crippen molar-refractivity contribution in [3.63, 3.8) is 0 Å². The van der Waals surface area contributed by atoms with Crippen LogP contribution in [-0.2, 0) is 11.3 Å². The van der Waals surface area contributed by atoms with Gasteiger partial charge < -0.3 is 9.64 Å². The number of hydroxylamine groups is 1. The molecule has 0 spiro atoms. The summed E-state index contributed by atoms with van der Waals surface area (Å²) in [5.41, 5.74) is 3.77. The first-order valence-corrected chi connectivity index (χ1v) is 8.68. The Kier molecular flexibility index (Phi) is 5.53. The molecular weight excluding hydrogens is 332 g/mol. The van der Waals surface area contributed by atoms with Gasteiger partial charge in [-0.05, 0) is 24.1 Å². The van der Waals surface area contributed by atoms with Gasteiger partial charge >= 0.3 is 0 Å². The molecule has 2 aromatic carbocycles. The lowest BCUT2D eigenvalue weighted by molar-refractivity contribution is -0.133. The zero-order valence-corrected chi connectivity index (χ0v) is 14.6. The van der Waals surface area contributed by atoms with Gasteiger partial charge in [-0.2, -0.15) is 0 Å². The second-order valence-electron chi connectivity index (χ2n) is 6.24. The van der Waals surface area contributed by atoms with E-state index in [0.29, 0.717) is 31.0 Å². The van der Waals surface area contributed by atoms with Crippen molar-refractivity contribution in [1.29, 1.82) is 0 Å². The fraction of sp³-hybridized carbons (Fsp3) is 0.300. The molecule has 136 valence electrons. The lowest BCUT2D eigenvalue weighted by Gasteiger charge is -2.25. The van der Waals surface area contributed by atoms with Gasteiger partial charge in [0.1, 0.15) is 12.4 Å². The summed E-state index contributed by atoms with van der Waals surface area (Å²) >= 11 is 0. The standard InChI is InChI=1S/C20H22N2O4/c1-2-17(14-6-4-3-5-7-14)20(24)22-10-11-26-18-12-15(19(23)21-25)8-9-16(18)13-22/h3-9,12,17,25H,2,10-11,13H2,1H3,(H,21,23). The van der Waals surface area contributed by atoms with Crippen LogP contribution in [0.3, 0.4) is 0 Å². The van der Waals surface area contributed by atoms with Gasteiger partial charge in [0.2, 0.25) is 5.91 Å². The molecule has 0 saturated heterocycles. The lowest BCUT2D eigenvalue weighted by atomic mass is 9.95. The van der Waals surface area contributed by atoms with Crippen LogP contribution in [0, 0.1) is 0 Å². The number of carbonyl (C=O) groups is 2. The fourth-order valence-electron chi connectivity index (χ4n) is 3.22. The minimum Gasteiger partial charge on any atom is -0.491 e. The number of ether oxygens (including phenoxy) is 1. The van der Waals surface area contributed by atoms with Crippen molar-refractivity contribution in [1.82, 2.24) is 10.4 Å². The minimum atomic E-state index is -0.594. The van der Waals surface area contributed by atoms with E-state index >= 15 is 0 Å². The lowest BCUT2D eigenvalue weighted by Crippen LogP contribution is -2.36. The van der Waals surface area contributed by atoms with Gasteiger partial charge in [-0.1, -0.05) is 43.3 Å². The van der Waals surface area contributed by atoms with Gasteiger partial charge in [-0.15, -0.1) is 0 Å². The highest BCUT2D eigenvalue weighted by Gasteiger charge is 2.27. The van der Waals surface area contributed by atoms with Crippen LogP contribution < -0.4 is 10.2 Å².